The van der Waals surface area contributed by atoms with Gasteiger partial charge in [-0.25, -0.2) is 4.79 Å². The number of anilines is 1. The summed E-state index contributed by atoms with van der Waals surface area (Å²) in [7, 11) is 0. The Hall–Kier alpha value is -2.42. The Morgan fingerprint density at radius 3 is 2.38 bits per heavy atom. The van der Waals surface area contributed by atoms with Gasteiger partial charge in [-0.3, -0.25) is 0 Å². The van der Waals surface area contributed by atoms with E-state index in [2.05, 4.69) is 42.2 Å². The van der Waals surface area contributed by atoms with Crippen molar-refractivity contribution in [2.24, 2.45) is 0 Å². The highest BCUT2D eigenvalue weighted by molar-refractivity contribution is 6.13. The zero-order valence-corrected chi connectivity index (χ0v) is 14.2. The molecular weight excluding hydrogens is 296 g/mol. The van der Waals surface area contributed by atoms with E-state index in [4.69, 9.17) is 0 Å². The molecule has 24 heavy (non-hydrogen) atoms. The minimum absolute atomic E-state index is 0.138. The summed E-state index contributed by atoms with van der Waals surface area (Å²) in [5.74, 6) is 0.138. The first-order valence-corrected chi connectivity index (χ1v) is 8.89. The van der Waals surface area contributed by atoms with Crippen LogP contribution in [0.3, 0.4) is 0 Å². The van der Waals surface area contributed by atoms with Crippen molar-refractivity contribution in [2.75, 3.05) is 18.0 Å². The largest absolute Gasteiger partial charge is 0.420 e. The fraction of sp³-hybridized carbons (Fsp3) is 0.333. The van der Waals surface area contributed by atoms with Crippen molar-refractivity contribution >= 4 is 17.3 Å². The van der Waals surface area contributed by atoms with Crippen molar-refractivity contribution in [3.63, 3.8) is 0 Å². The zero-order valence-electron chi connectivity index (χ0n) is 14.2. The molecule has 0 bridgehead atoms. The quantitative estimate of drug-likeness (QED) is 0.799. The zero-order chi connectivity index (χ0) is 16.5. The van der Waals surface area contributed by atoms with Crippen LogP contribution in [0.15, 0.2) is 48.5 Å². The van der Waals surface area contributed by atoms with Crippen molar-refractivity contribution in [1.29, 1.82) is 0 Å². The maximum atomic E-state index is 12.9. The molecule has 2 aromatic rings. The van der Waals surface area contributed by atoms with Gasteiger partial charge in [0, 0.05) is 30.8 Å². The lowest BCUT2D eigenvalue weighted by molar-refractivity contribution is -0.443. The standard InChI is InChI=1S/C21H23N2O/c1-2-19-17-10-4-5-11-18(17)21(24)23(19)15-16-9-3-6-12-20(16)22-13-7-8-14-22/h3-6,9-12H,2,7-8,13-15H2,1H3/q+1. The lowest BCUT2D eigenvalue weighted by atomic mass is 10.0. The van der Waals surface area contributed by atoms with Gasteiger partial charge in [-0.05, 0) is 31.0 Å². The van der Waals surface area contributed by atoms with Crippen LogP contribution in [0.2, 0.25) is 0 Å². The molecule has 4 rings (SSSR count). The van der Waals surface area contributed by atoms with Gasteiger partial charge in [0.1, 0.15) is 5.56 Å². The Morgan fingerprint density at radius 1 is 0.958 bits per heavy atom. The third-order valence-electron chi connectivity index (χ3n) is 5.14. The Labute approximate surface area is 143 Å². The number of para-hydroxylation sites is 1. The molecule has 1 amide bonds. The summed E-state index contributed by atoms with van der Waals surface area (Å²) in [5, 5.41) is 0. The second-order valence-electron chi connectivity index (χ2n) is 6.56. The van der Waals surface area contributed by atoms with E-state index in [1.165, 1.54) is 24.1 Å². The van der Waals surface area contributed by atoms with Gasteiger partial charge < -0.3 is 4.90 Å². The molecule has 2 aliphatic rings. The number of nitrogens with zero attached hydrogens (tertiary/aromatic N) is 2. The molecule has 0 atom stereocenters. The van der Waals surface area contributed by atoms with E-state index in [0.29, 0.717) is 6.54 Å². The van der Waals surface area contributed by atoms with E-state index in [9.17, 15) is 4.79 Å². The van der Waals surface area contributed by atoms with Crippen LogP contribution < -0.4 is 4.90 Å². The highest BCUT2D eigenvalue weighted by atomic mass is 16.2. The average molecular weight is 319 g/mol. The van der Waals surface area contributed by atoms with E-state index in [1.54, 1.807) is 0 Å². The van der Waals surface area contributed by atoms with Crippen LogP contribution >= 0.6 is 0 Å². The molecule has 0 unspecified atom stereocenters. The summed E-state index contributed by atoms with van der Waals surface area (Å²) in [6, 6.07) is 16.5. The SMILES string of the molecule is CCC1=[N+](Cc2ccccc2N2CCCC2)C(=O)c2ccccc21. The van der Waals surface area contributed by atoms with Crippen LogP contribution in [-0.2, 0) is 6.54 Å². The normalized spacial score (nSPS) is 16.9. The van der Waals surface area contributed by atoms with Gasteiger partial charge in [0.05, 0.1) is 5.56 Å². The van der Waals surface area contributed by atoms with E-state index >= 15 is 0 Å². The summed E-state index contributed by atoms with van der Waals surface area (Å²) >= 11 is 0. The Bertz CT molecular complexity index is 816. The van der Waals surface area contributed by atoms with Crippen molar-refractivity contribution < 1.29 is 9.37 Å². The molecule has 0 saturated carbocycles. The Kier molecular flexibility index (Phi) is 3.93. The van der Waals surface area contributed by atoms with Gasteiger partial charge in [-0.15, -0.1) is 0 Å². The van der Waals surface area contributed by atoms with Gasteiger partial charge in [0.15, 0.2) is 12.3 Å². The molecule has 2 aliphatic heterocycles. The summed E-state index contributed by atoms with van der Waals surface area (Å²) in [4.78, 5) is 15.3. The predicted octanol–water partition coefficient (Wildman–Crippen LogP) is 3.85. The van der Waals surface area contributed by atoms with Gasteiger partial charge in [0.2, 0.25) is 0 Å². The van der Waals surface area contributed by atoms with Gasteiger partial charge in [-0.1, -0.05) is 37.3 Å². The van der Waals surface area contributed by atoms with Crippen molar-refractivity contribution in [3.8, 4) is 0 Å². The topological polar surface area (TPSA) is 23.3 Å². The van der Waals surface area contributed by atoms with Gasteiger partial charge in [-0.2, -0.15) is 4.58 Å². The van der Waals surface area contributed by atoms with Crippen LogP contribution in [0.25, 0.3) is 0 Å². The first kappa shape index (κ1) is 15.1. The number of benzene rings is 2. The van der Waals surface area contributed by atoms with Crippen LogP contribution in [0.1, 0.15) is 47.7 Å². The lowest BCUT2D eigenvalue weighted by Crippen LogP contribution is -2.24. The molecular formula is C21H23N2O+. The molecule has 122 valence electrons. The summed E-state index contributed by atoms with van der Waals surface area (Å²) in [6.07, 6.45) is 3.39. The third kappa shape index (κ3) is 2.44. The van der Waals surface area contributed by atoms with Crippen molar-refractivity contribution in [2.45, 2.75) is 32.7 Å². The molecule has 0 aromatic heterocycles. The summed E-state index contributed by atoms with van der Waals surface area (Å²) < 4.78 is 1.97. The third-order valence-corrected chi connectivity index (χ3v) is 5.14. The predicted molar refractivity (Wildman–Crippen MR) is 97.0 cm³/mol. The number of hydrogen-bond donors (Lipinski definition) is 0. The molecule has 3 nitrogen and oxygen atoms in total. The molecule has 2 heterocycles. The van der Waals surface area contributed by atoms with E-state index in [0.717, 1.165) is 36.3 Å². The number of fused-ring (bicyclic) bond motifs is 1. The number of rotatable bonds is 4. The average Bonchev–Trinajstić information content (AvgIpc) is 3.24. The second kappa shape index (κ2) is 6.23. The van der Waals surface area contributed by atoms with Crippen LogP contribution in [-0.4, -0.2) is 29.3 Å². The Morgan fingerprint density at radius 2 is 1.62 bits per heavy atom. The number of carbonyl (C=O) groups excluding carboxylic acids is 1. The van der Waals surface area contributed by atoms with Crippen molar-refractivity contribution in [3.05, 3.63) is 65.2 Å². The summed E-state index contributed by atoms with van der Waals surface area (Å²) in [5.41, 5.74) is 5.61. The highest BCUT2D eigenvalue weighted by Crippen LogP contribution is 2.27. The van der Waals surface area contributed by atoms with E-state index in [-0.39, 0.29) is 5.91 Å². The first-order valence-electron chi connectivity index (χ1n) is 8.89. The van der Waals surface area contributed by atoms with Crippen LogP contribution in [0.4, 0.5) is 5.69 Å². The van der Waals surface area contributed by atoms with Crippen molar-refractivity contribution in [1.82, 2.24) is 0 Å². The molecule has 0 N–H and O–H groups in total. The molecule has 1 fully saturated rings. The van der Waals surface area contributed by atoms with Gasteiger partial charge >= 0.3 is 5.91 Å². The number of carbonyl (C=O) groups is 1. The monoisotopic (exact) mass is 319 g/mol. The minimum atomic E-state index is 0.138. The minimum Gasteiger partial charge on any atom is -0.371 e. The molecule has 2 aromatic carbocycles. The second-order valence-corrected chi connectivity index (χ2v) is 6.56. The number of hydrogen-bond acceptors (Lipinski definition) is 2. The lowest BCUT2D eigenvalue weighted by Gasteiger charge is -2.20. The molecule has 0 aliphatic carbocycles. The number of amides is 1. The molecule has 1 saturated heterocycles. The maximum absolute atomic E-state index is 12.9. The Balaban J connectivity index is 1.72. The fourth-order valence-electron chi connectivity index (χ4n) is 3.96. The van der Waals surface area contributed by atoms with Gasteiger partial charge in [0.25, 0.3) is 0 Å². The smallest absolute Gasteiger partial charge is 0.371 e. The van der Waals surface area contributed by atoms with E-state index in [1.807, 2.05) is 22.8 Å². The van der Waals surface area contributed by atoms with Crippen LogP contribution in [0, 0.1) is 0 Å². The summed E-state index contributed by atoms with van der Waals surface area (Å²) in [6.45, 7) is 5.03. The maximum Gasteiger partial charge on any atom is 0.420 e. The van der Waals surface area contributed by atoms with E-state index < -0.39 is 0 Å². The van der Waals surface area contributed by atoms with Crippen LogP contribution in [0.5, 0.6) is 0 Å². The first-order chi connectivity index (χ1) is 11.8. The molecule has 0 radical (unpaired) electrons. The molecule has 3 heteroatoms. The molecule has 0 spiro atoms. The highest BCUT2D eigenvalue weighted by Gasteiger charge is 2.37. The fourth-order valence-corrected chi connectivity index (χ4v) is 3.96.